The van der Waals surface area contributed by atoms with Crippen LogP contribution in [0.15, 0.2) is 24.7 Å². The first-order valence-electron chi connectivity index (χ1n) is 18.4. The second-order valence-electron chi connectivity index (χ2n) is 14.7. The van der Waals surface area contributed by atoms with Gasteiger partial charge in [-0.25, -0.2) is 0 Å². The summed E-state index contributed by atoms with van der Waals surface area (Å²) in [4.78, 5) is 6.09. The fourth-order valence-corrected chi connectivity index (χ4v) is 14.9. The second-order valence-corrected chi connectivity index (χ2v) is 17.3. The van der Waals surface area contributed by atoms with E-state index in [1.165, 1.54) is 102 Å². The molecule has 6 nitrogen and oxygen atoms in total. The molecule has 246 valence electrons. The van der Waals surface area contributed by atoms with Crippen LogP contribution in [0.2, 0.25) is 0 Å². The molecule has 6 saturated heterocycles. The van der Waals surface area contributed by atoms with Crippen molar-refractivity contribution in [1.29, 1.82) is 0 Å². The van der Waals surface area contributed by atoms with Crippen LogP contribution >= 0.6 is 23.5 Å². The van der Waals surface area contributed by atoms with E-state index in [-0.39, 0.29) is 40.9 Å². The molecule has 0 radical (unpaired) electrons. The van der Waals surface area contributed by atoms with Crippen LogP contribution in [-0.4, -0.2) is 100 Å². The molecular weight excluding hydrogens is 589 g/mol. The second kappa shape index (κ2) is 13.3. The summed E-state index contributed by atoms with van der Waals surface area (Å²) in [6, 6.07) is 0. The third-order valence-electron chi connectivity index (χ3n) is 13.0. The highest BCUT2D eigenvalue weighted by atomic mass is 32.2. The first-order valence-corrected chi connectivity index (χ1v) is 20.5. The lowest BCUT2D eigenvalue weighted by molar-refractivity contribution is -0.307. The first-order chi connectivity index (χ1) is 21.8. The van der Waals surface area contributed by atoms with Crippen LogP contribution in [0.5, 0.6) is 0 Å². The van der Waals surface area contributed by atoms with Crippen molar-refractivity contribution in [2.45, 2.75) is 149 Å². The fourth-order valence-electron chi connectivity index (χ4n) is 11.7. The predicted molar refractivity (Wildman–Crippen MR) is 180 cm³/mol. The molecule has 8 heterocycles. The average molecular weight is 645 g/mol. The summed E-state index contributed by atoms with van der Waals surface area (Å²) < 4.78 is 28.6. The number of thioether (sulfide) groups is 2. The third kappa shape index (κ3) is 4.64. The highest BCUT2D eigenvalue weighted by Gasteiger charge is 2.82. The van der Waals surface area contributed by atoms with Crippen LogP contribution in [0.4, 0.5) is 0 Å². The monoisotopic (exact) mass is 644 g/mol. The fraction of sp³-hybridized carbons (Fsp3) is 0.889. The van der Waals surface area contributed by atoms with E-state index in [9.17, 15) is 0 Å². The van der Waals surface area contributed by atoms with Crippen LogP contribution in [0.3, 0.4) is 0 Å². The van der Waals surface area contributed by atoms with Crippen LogP contribution < -0.4 is 0 Å². The molecule has 0 aromatic rings. The molecule has 8 heteroatoms. The third-order valence-corrected chi connectivity index (χ3v) is 15.9. The molecule has 8 rings (SSSR count). The van der Waals surface area contributed by atoms with Gasteiger partial charge in [0.1, 0.15) is 12.2 Å². The van der Waals surface area contributed by atoms with E-state index < -0.39 is 0 Å². The van der Waals surface area contributed by atoms with Gasteiger partial charge in [0.05, 0.1) is 46.6 Å². The topological polar surface area (TPSA) is 43.4 Å². The standard InChI is InChI=1S/C36H56N2O4S2/c1-6-22-41-30(12-1)36(31-13-2-7-23-42-31)35(29-15-10-25-40-29,32-16-11-27-43-32)34(28-14-9-24-39-28,37-19-4-5-20-37)18-21-38(36)33-17-3-8-26-44-33/h6,10,22,25,28-33H,1-5,7-9,11-21,23-24,26-27H2. The van der Waals surface area contributed by atoms with E-state index in [0.717, 1.165) is 45.4 Å². The molecule has 0 bridgehead atoms. The molecule has 0 aromatic carbocycles. The molecule has 9 unspecified atom stereocenters. The first kappa shape index (κ1) is 30.9. The van der Waals surface area contributed by atoms with E-state index in [1.807, 2.05) is 0 Å². The van der Waals surface area contributed by atoms with Gasteiger partial charge in [0.15, 0.2) is 0 Å². The van der Waals surface area contributed by atoms with Gasteiger partial charge in [-0.15, -0.1) is 11.8 Å². The Balaban J connectivity index is 1.45. The molecule has 8 aliphatic rings. The lowest BCUT2D eigenvalue weighted by atomic mass is 9.43. The van der Waals surface area contributed by atoms with Gasteiger partial charge in [0, 0.05) is 31.4 Å². The number of piperidine rings is 1. The zero-order chi connectivity index (χ0) is 29.5. The van der Waals surface area contributed by atoms with Crippen molar-refractivity contribution in [3.8, 4) is 0 Å². The van der Waals surface area contributed by atoms with E-state index >= 15 is 0 Å². The number of ether oxygens (including phenoxy) is 4. The van der Waals surface area contributed by atoms with Crippen molar-refractivity contribution >= 4 is 23.5 Å². The van der Waals surface area contributed by atoms with E-state index in [4.69, 9.17) is 18.9 Å². The van der Waals surface area contributed by atoms with Crippen LogP contribution in [0.25, 0.3) is 0 Å². The number of hydrogen-bond acceptors (Lipinski definition) is 8. The zero-order valence-electron chi connectivity index (χ0n) is 26.9. The summed E-state index contributed by atoms with van der Waals surface area (Å²) in [6.45, 7) is 5.25. The molecule has 0 amide bonds. The van der Waals surface area contributed by atoms with E-state index in [0.29, 0.717) is 10.6 Å². The number of likely N-dealkylation sites (tertiary alicyclic amines) is 2. The van der Waals surface area contributed by atoms with Gasteiger partial charge in [-0.2, -0.15) is 11.8 Å². The molecule has 0 aliphatic carbocycles. The van der Waals surface area contributed by atoms with Gasteiger partial charge in [-0.05, 0) is 127 Å². The van der Waals surface area contributed by atoms with Gasteiger partial charge in [0.2, 0.25) is 0 Å². The number of nitrogens with zero attached hydrogens (tertiary/aromatic N) is 2. The Bertz CT molecular complexity index is 1000. The maximum absolute atomic E-state index is 7.29. The van der Waals surface area contributed by atoms with Crippen LogP contribution in [0, 0.1) is 5.41 Å². The minimum Gasteiger partial charge on any atom is -0.497 e. The number of rotatable bonds is 7. The highest BCUT2D eigenvalue weighted by molar-refractivity contribution is 8.00. The summed E-state index contributed by atoms with van der Waals surface area (Å²) in [6.07, 6.45) is 28.6. The Labute approximate surface area is 274 Å². The summed E-state index contributed by atoms with van der Waals surface area (Å²) in [5.41, 5.74) is -0.628. The summed E-state index contributed by atoms with van der Waals surface area (Å²) >= 11 is 4.52. The normalized spacial score (nSPS) is 47.2. The number of hydrogen-bond donors (Lipinski definition) is 0. The largest absolute Gasteiger partial charge is 0.497 e. The minimum absolute atomic E-state index is 0.0761. The SMILES string of the molecule is C1=COC(C2(C3CCCCO3)N(C3CCCCS3)CCC(C3CCCO3)(N3CCCC3)C2(C2CC=CO2)C2CCCS2)CC1. The summed E-state index contributed by atoms with van der Waals surface area (Å²) in [5, 5.41) is 0.985. The lowest BCUT2D eigenvalue weighted by Gasteiger charge is -2.76. The predicted octanol–water partition coefficient (Wildman–Crippen LogP) is 7.13. The molecule has 0 saturated carbocycles. The molecule has 6 fully saturated rings. The molecule has 0 N–H and O–H groups in total. The minimum atomic E-state index is -0.307. The van der Waals surface area contributed by atoms with Gasteiger partial charge in [-0.3, -0.25) is 9.80 Å². The van der Waals surface area contributed by atoms with E-state index in [2.05, 4.69) is 58.0 Å². The maximum Gasteiger partial charge on any atom is 0.120 e. The van der Waals surface area contributed by atoms with Gasteiger partial charge >= 0.3 is 0 Å². The van der Waals surface area contributed by atoms with Gasteiger partial charge in [-0.1, -0.05) is 6.42 Å². The molecule has 44 heavy (non-hydrogen) atoms. The quantitative estimate of drug-likeness (QED) is 0.290. The zero-order valence-corrected chi connectivity index (χ0v) is 28.5. The van der Waals surface area contributed by atoms with Crippen molar-refractivity contribution in [2.75, 3.05) is 44.4 Å². The van der Waals surface area contributed by atoms with Crippen molar-refractivity contribution in [2.24, 2.45) is 5.41 Å². The van der Waals surface area contributed by atoms with Crippen molar-refractivity contribution in [3.05, 3.63) is 24.7 Å². The molecule has 9 atom stereocenters. The molecular formula is C36H56N2O4S2. The average Bonchev–Trinajstić information content (AvgIpc) is 3.94. The molecule has 0 aromatic heterocycles. The Morgan fingerprint density at radius 2 is 1.43 bits per heavy atom. The summed E-state index contributed by atoms with van der Waals surface area (Å²) in [7, 11) is 0. The van der Waals surface area contributed by atoms with Crippen molar-refractivity contribution in [1.82, 2.24) is 9.80 Å². The Morgan fingerprint density at radius 3 is 2.11 bits per heavy atom. The highest BCUT2D eigenvalue weighted by Crippen LogP contribution is 2.70. The maximum atomic E-state index is 7.29. The lowest BCUT2D eigenvalue weighted by Crippen LogP contribution is -2.90. The van der Waals surface area contributed by atoms with Gasteiger partial charge < -0.3 is 18.9 Å². The molecule has 8 aliphatic heterocycles. The van der Waals surface area contributed by atoms with Crippen LogP contribution in [-0.2, 0) is 18.9 Å². The van der Waals surface area contributed by atoms with Gasteiger partial charge in [0.25, 0.3) is 0 Å². The number of allylic oxidation sites excluding steroid dienone is 1. The summed E-state index contributed by atoms with van der Waals surface area (Å²) in [5.74, 6) is 2.52. The Kier molecular flexibility index (Phi) is 9.32. The molecule has 0 spiro atoms. The Hall–Kier alpha value is -0.380. The Morgan fingerprint density at radius 1 is 0.636 bits per heavy atom. The van der Waals surface area contributed by atoms with E-state index in [1.54, 1.807) is 0 Å². The van der Waals surface area contributed by atoms with Crippen molar-refractivity contribution < 1.29 is 18.9 Å². The van der Waals surface area contributed by atoms with Crippen LogP contribution in [0.1, 0.15) is 103 Å². The van der Waals surface area contributed by atoms with Crippen molar-refractivity contribution in [3.63, 3.8) is 0 Å². The smallest absolute Gasteiger partial charge is 0.120 e.